The molecule has 0 saturated heterocycles. The molecule has 6 heteroatoms. The Balaban J connectivity index is 1.48. The third-order valence-electron chi connectivity index (χ3n) is 6.87. The Bertz CT molecular complexity index is 2010. The molecule has 0 unspecified atom stereocenters. The maximum atomic E-state index is 13.3. The molecular formula is C30H16N2O4. The molecule has 2 aromatic heterocycles. The highest BCUT2D eigenvalue weighted by atomic mass is 16.2. The van der Waals surface area contributed by atoms with Crippen LogP contribution in [0.5, 0.6) is 0 Å². The number of aromatic nitrogens is 2. The van der Waals surface area contributed by atoms with Gasteiger partial charge in [-0.15, -0.1) is 0 Å². The monoisotopic (exact) mass is 468 g/mol. The van der Waals surface area contributed by atoms with Gasteiger partial charge >= 0.3 is 0 Å². The van der Waals surface area contributed by atoms with Crippen molar-refractivity contribution in [3.8, 4) is 11.4 Å². The van der Waals surface area contributed by atoms with Gasteiger partial charge in [0.2, 0.25) is 0 Å². The van der Waals surface area contributed by atoms with Crippen molar-refractivity contribution in [1.29, 1.82) is 0 Å². The van der Waals surface area contributed by atoms with Crippen LogP contribution in [0.3, 0.4) is 0 Å². The van der Waals surface area contributed by atoms with Gasteiger partial charge in [0, 0.05) is 0 Å². The molecule has 36 heavy (non-hydrogen) atoms. The second kappa shape index (κ2) is 7.20. The fourth-order valence-electron chi connectivity index (χ4n) is 5.07. The van der Waals surface area contributed by atoms with Crippen LogP contribution in [0.2, 0.25) is 0 Å². The zero-order chi connectivity index (χ0) is 24.6. The molecule has 5 aromatic carbocycles. The topological polar surface area (TPSA) is 78.1 Å². The Labute approximate surface area is 202 Å². The van der Waals surface area contributed by atoms with Crippen LogP contribution in [-0.4, -0.2) is 9.13 Å². The second-order valence-corrected chi connectivity index (χ2v) is 8.90. The molecule has 0 fully saturated rings. The molecule has 0 aliphatic carbocycles. The van der Waals surface area contributed by atoms with Crippen LogP contribution < -0.4 is 22.2 Å². The van der Waals surface area contributed by atoms with Crippen molar-refractivity contribution < 1.29 is 0 Å². The fraction of sp³-hybridized carbons (Fsp3) is 0. The molecular weight excluding hydrogens is 452 g/mol. The molecule has 6 nitrogen and oxygen atoms in total. The Morgan fingerprint density at radius 2 is 0.694 bits per heavy atom. The average molecular weight is 468 g/mol. The van der Waals surface area contributed by atoms with Crippen molar-refractivity contribution in [2.75, 3.05) is 0 Å². The first-order valence-electron chi connectivity index (χ1n) is 11.4. The predicted octanol–water partition coefficient (Wildman–Crippen LogP) is 4.20. The lowest BCUT2D eigenvalue weighted by molar-refractivity contribution is 0.990. The highest BCUT2D eigenvalue weighted by Gasteiger charge is 2.21. The molecule has 2 heterocycles. The van der Waals surface area contributed by atoms with Crippen LogP contribution in [0.4, 0.5) is 0 Å². The molecule has 0 atom stereocenters. The standard InChI is InChI=1S/C30H16N2O4/c33-27-23-15-25-26(30(36)32(29(25)35)22-12-10-18-6-2-4-8-20(18)14-22)16-24(23)28(34)31(27)21-11-9-17-5-1-3-7-19(17)13-21/h1-16H. The summed E-state index contributed by atoms with van der Waals surface area (Å²) in [5, 5.41) is 4.24. The van der Waals surface area contributed by atoms with E-state index in [1.54, 1.807) is 24.3 Å². The summed E-state index contributed by atoms with van der Waals surface area (Å²) in [4.78, 5) is 53.3. The van der Waals surface area contributed by atoms with Crippen molar-refractivity contribution in [1.82, 2.24) is 9.13 Å². The van der Waals surface area contributed by atoms with Gasteiger partial charge in [0.25, 0.3) is 22.2 Å². The summed E-state index contributed by atoms with van der Waals surface area (Å²) >= 11 is 0. The minimum absolute atomic E-state index is 0.119. The Kier molecular flexibility index (Phi) is 4.06. The summed E-state index contributed by atoms with van der Waals surface area (Å²) in [7, 11) is 0. The Morgan fingerprint density at radius 3 is 1.06 bits per heavy atom. The first-order chi connectivity index (χ1) is 17.5. The van der Waals surface area contributed by atoms with Crippen molar-refractivity contribution in [3.63, 3.8) is 0 Å². The first kappa shape index (κ1) is 20.3. The van der Waals surface area contributed by atoms with E-state index in [1.807, 2.05) is 60.7 Å². The second-order valence-electron chi connectivity index (χ2n) is 8.90. The summed E-state index contributed by atoms with van der Waals surface area (Å²) in [5.41, 5.74) is -1.18. The summed E-state index contributed by atoms with van der Waals surface area (Å²) in [5.74, 6) is 0. The van der Waals surface area contributed by atoms with Crippen molar-refractivity contribution in [2.45, 2.75) is 0 Å². The Morgan fingerprint density at radius 1 is 0.361 bits per heavy atom. The van der Waals surface area contributed by atoms with Gasteiger partial charge in [-0.05, 0) is 57.9 Å². The van der Waals surface area contributed by atoms with Gasteiger partial charge < -0.3 is 0 Å². The fourth-order valence-corrected chi connectivity index (χ4v) is 5.07. The molecule has 0 radical (unpaired) electrons. The van der Waals surface area contributed by atoms with E-state index in [-0.39, 0.29) is 21.5 Å². The largest absolute Gasteiger partial charge is 0.268 e. The van der Waals surface area contributed by atoms with Crippen molar-refractivity contribution >= 4 is 43.1 Å². The Hall–Kier alpha value is -5.10. The molecule has 7 rings (SSSR count). The van der Waals surface area contributed by atoms with Crippen LogP contribution in [0.25, 0.3) is 54.5 Å². The zero-order valence-corrected chi connectivity index (χ0v) is 18.8. The summed E-state index contributed by atoms with van der Waals surface area (Å²) in [6, 6.07) is 28.8. The third kappa shape index (κ3) is 2.72. The van der Waals surface area contributed by atoms with Gasteiger partial charge in [-0.2, -0.15) is 0 Å². The lowest BCUT2D eigenvalue weighted by atomic mass is 10.1. The van der Waals surface area contributed by atoms with Crippen LogP contribution in [-0.2, 0) is 0 Å². The number of hydrogen-bond acceptors (Lipinski definition) is 4. The predicted molar refractivity (Wildman–Crippen MR) is 143 cm³/mol. The molecule has 0 saturated carbocycles. The molecule has 0 spiro atoms. The van der Waals surface area contributed by atoms with Crippen molar-refractivity contribution in [3.05, 3.63) is 138 Å². The number of rotatable bonds is 2. The molecule has 0 aliphatic rings. The first-order valence-corrected chi connectivity index (χ1v) is 11.4. The van der Waals surface area contributed by atoms with E-state index in [9.17, 15) is 19.2 Å². The number of fused-ring (bicyclic) bond motifs is 4. The van der Waals surface area contributed by atoms with Gasteiger partial charge in [-0.1, -0.05) is 60.7 Å². The van der Waals surface area contributed by atoms with Crippen LogP contribution >= 0.6 is 0 Å². The minimum atomic E-state index is -0.516. The van der Waals surface area contributed by atoms with E-state index >= 15 is 0 Å². The summed E-state index contributed by atoms with van der Waals surface area (Å²) in [6.45, 7) is 0. The van der Waals surface area contributed by atoms with Gasteiger partial charge in [-0.3, -0.25) is 19.2 Å². The van der Waals surface area contributed by atoms with Gasteiger partial charge in [-0.25, -0.2) is 9.13 Å². The lowest BCUT2D eigenvalue weighted by Gasteiger charge is -2.03. The highest BCUT2D eigenvalue weighted by Crippen LogP contribution is 2.21. The third-order valence-corrected chi connectivity index (χ3v) is 6.87. The maximum Gasteiger partial charge on any atom is 0.266 e. The number of nitrogens with zero attached hydrogens (tertiary/aromatic N) is 2. The minimum Gasteiger partial charge on any atom is -0.268 e. The SMILES string of the molecule is O=c1c2cc3c(=O)n(-c4ccc5ccccc5c4)c(=O)c3cc2c(=O)n1-c1ccc2ccccc2c1. The molecule has 170 valence electrons. The summed E-state index contributed by atoms with van der Waals surface area (Å²) in [6.07, 6.45) is 0. The van der Waals surface area contributed by atoms with Gasteiger partial charge in [0.05, 0.1) is 32.9 Å². The number of hydrogen-bond donors (Lipinski definition) is 0. The van der Waals surface area contributed by atoms with Crippen molar-refractivity contribution in [2.24, 2.45) is 0 Å². The van der Waals surface area contributed by atoms with Gasteiger partial charge in [0.15, 0.2) is 0 Å². The highest BCUT2D eigenvalue weighted by molar-refractivity contribution is 5.98. The normalized spacial score (nSPS) is 11.8. The lowest BCUT2D eigenvalue weighted by Crippen LogP contribution is -2.24. The molecule has 7 aromatic rings. The average Bonchev–Trinajstić information content (AvgIpc) is 3.30. The molecule has 0 aliphatic heterocycles. The van der Waals surface area contributed by atoms with E-state index < -0.39 is 22.2 Å². The van der Waals surface area contributed by atoms with E-state index in [0.29, 0.717) is 11.4 Å². The van der Waals surface area contributed by atoms with Crippen LogP contribution in [0.15, 0.2) is 116 Å². The molecule has 0 bridgehead atoms. The van der Waals surface area contributed by atoms with Gasteiger partial charge in [0.1, 0.15) is 0 Å². The molecule has 0 amide bonds. The maximum absolute atomic E-state index is 13.3. The zero-order valence-electron chi connectivity index (χ0n) is 18.8. The van der Waals surface area contributed by atoms with E-state index in [0.717, 1.165) is 30.7 Å². The van der Waals surface area contributed by atoms with E-state index in [4.69, 9.17) is 0 Å². The summed E-state index contributed by atoms with van der Waals surface area (Å²) < 4.78 is 2.20. The quantitative estimate of drug-likeness (QED) is 0.381. The van der Waals surface area contributed by atoms with E-state index in [2.05, 4.69) is 0 Å². The van der Waals surface area contributed by atoms with E-state index in [1.165, 1.54) is 12.1 Å². The number of benzene rings is 5. The smallest absolute Gasteiger partial charge is 0.266 e. The van der Waals surface area contributed by atoms with Crippen LogP contribution in [0.1, 0.15) is 0 Å². The van der Waals surface area contributed by atoms with Crippen LogP contribution in [0, 0.1) is 0 Å². The molecule has 0 N–H and O–H groups in total.